The lowest BCUT2D eigenvalue weighted by atomic mass is 9.94. The van der Waals surface area contributed by atoms with Gasteiger partial charge in [0.2, 0.25) is 0 Å². The molecule has 39 heavy (non-hydrogen) atoms. The number of nitrogens with zero attached hydrogens (tertiary/aromatic N) is 2. The molecule has 208 valence electrons. The van der Waals surface area contributed by atoms with Gasteiger partial charge in [0.1, 0.15) is 0 Å². The van der Waals surface area contributed by atoms with Gasteiger partial charge in [0, 0.05) is 31.1 Å². The molecule has 0 aliphatic carbocycles. The van der Waals surface area contributed by atoms with Crippen LogP contribution in [0.25, 0.3) is 11.1 Å². The minimum absolute atomic E-state index is 0.0876. The van der Waals surface area contributed by atoms with Crippen molar-refractivity contribution in [2.75, 3.05) is 26.7 Å². The maximum absolute atomic E-state index is 13.9. The molecule has 1 aliphatic rings. The number of aliphatic hydroxyl groups is 1. The molecule has 3 aromatic rings. The van der Waals surface area contributed by atoms with Gasteiger partial charge in [0.25, 0.3) is 5.91 Å². The number of carbonyl (C=O) groups is 1. The fourth-order valence-corrected chi connectivity index (χ4v) is 5.03. The lowest BCUT2D eigenvalue weighted by Crippen LogP contribution is -2.47. The summed E-state index contributed by atoms with van der Waals surface area (Å²) in [6, 6.07) is 20.2. The molecule has 0 bridgehead atoms. The number of benzene rings is 3. The van der Waals surface area contributed by atoms with E-state index < -0.39 is 17.8 Å². The highest BCUT2D eigenvalue weighted by Crippen LogP contribution is 2.32. The van der Waals surface area contributed by atoms with Crippen molar-refractivity contribution in [3.05, 3.63) is 95.1 Å². The molecule has 1 heterocycles. The van der Waals surface area contributed by atoms with Gasteiger partial charge in [-0.2, -0.15) is 13.2 Å². The Morgan fingerprint density at radius 1 is 1.00 bits per heavy atom. The maximum atomic E-state index is 13.9. The molecule has 0 saturated heterocycles. The summed E-state index contributed by atoms with van der Waals surface area (Å²) in [5.41, 5.74) is 3.38. The van der Waals surface area contributed by atoms with Gasteiger partial charge in [-0.25, -0.2) is 0 Å². The molecule has 1 amide bonds. The fraction of sp³-hybridized carbons (Fsp3) is 0.387. The molecule has 0 spiro atoms. The third-order valence-corrected chi connectivity index (χ3v) is 7.32. The quantitative estimate of drug-likeness (QED) is 0.426. The van der Waals surface area contributed by atoms with E-state index in [1.54, 1.807) is 4.90 Å². The molecule has 1 N–H and O–H groups in total. The standard InChI is InChI=1S/C31H35F3N2O3/c1-21-16-36(22(2)19-37)30(38)28-11-7-6-10-27(28)26-9-5-4-8-24(26)20-39-29(21)18-35(3)17-23-12-14-25(15-13-23)31(32,33)34/h4-15,21-22,29,37H,16-20H2,1-3H3/t21-,22+,29-/m0/s1. The van der Waals surface area contributed by atoms with Gasteiger partial charge in [-0.1, -0.05) is 61.5 Å². The number of fused-ring (bicyclic) bond motifs is 3. The van der Waals surface area contributed by atoms with Crippen LogP contribution in [-0.4, -0.2) is 59.7 Å². The Hall–Kier alpha value is -3.20. The lowest BCUT2D eigenvalue weighted by Gasteiger charge is -2.35. The van der Waals surface area contributed by atoms with Crippen LogP contribution in [0.1, 0.15) is 40.9 Å². The molecule has 3 aromatic carbocycles. The number of likely N-dealkylation sites (N-methyl/N-ethyl adjacent to an activating group) is 1. The van der Waals surface area contributed by atoms with E-state index in [0.717, 1.165) is 34.4 Å². The number of halogens is 3. The molecule has 0 radical (unpaired) electrons. The van der Waals surface area contributed by atoms with E-state index in [4.69, 9.17) is 4.74 Å². The third kappa shape index (κ3) is 6.87. The third-order valence-electron chi connectivity index (χ3n) is 7.32. The second kappa shape index (κ2) is 12.3. The zero-order valence-corrected chi connectivity index (χ0v) is 22.5. The van der Waals surface area contributed by atoms with E-state index >= 15 is 0 Å². The topological polar surface area (TPSA) is 53.0 Å². The Morgan fingerprint density at radius 3 is 2.26 bits per heavy atom. The van der Waals surface area contributed by atoms with Crippen molar-refractivity contribution >= 4 is 5.91 Å². The number of carbonyl (C=O) groups excluding carboxylic acids is 1. The van der Waals surface area contributed by atoms with Gasteiger partial charge in [0.05, 0.1) is 30.9 Å². The minimum Gasteiger partial charge on any atom is -0.394 e. The van der Waals surface area contributed by atoms with Crippen molar-refractivity contribution in [1.82, 2.24) is 9.80 Å². The summed E-state index contributed by atoms with van der Waals surface area (Å²) in [4.78, 5) is 17.6. The SMILES string of the molecule is C[C@H](CO)N1C[C@H](C)[C@H](CN(C)Cc2ccc(C(F)(F)F)cc2)OCc2ccccc2-c2ccccc2C1=O. The maximum Gasteiger partial charge on any atom is 0.416 e. The van der Waals surface area contributed by atoms with Gasteiger partial charge in [0.15, 0.2) is 0 Å². The Bertz CT molecular complexity index is 1260. The Morgan fingerprint density at radius 2 is 1.62 bits per heavy atom. The molecule has 5 nitrogen and oxygen atoms in total. The average molecular weight is 541 g/mol. The molecule has 0 unspecified atom stereocenters. The van der Waals surface area contributed by atoms with Crippen LogP contribution in [0.5, 0.6) is 0 Å². The molecule has 1 aliphatic heterocycles. The smallest absolute Gasteiger partial charge is 0.394 e. The number of hydrogen-bond donors (Lipinski definition) is 1. The van der Waals surface area contributed by atoms with Gasteiger partial charge < -0.3 is 14.7 Å². The zero-order chi connectivity index (χ0) is 28.2. The first-order valence-electron chi connectivity index (χ1n) is 13.1. The predicted octanol–water partition coefficient (Wildman–Crippen LogP) is 5.86. The second-order valence-electron chi connectivity index (χ2n) is 10.4. The molecular formula is C31H35F3N2O3. The summed E-state index contributed by atoms with van der Waals surface area (Å²) in [7, 11) is 1.90. The van der Waals surface area contributed by atoms with Crippen molar-refractivity contribution in [2.45, 2.75) is 45.3 Å². The van der Waals surface area contributed by atoms with Crippen LogP contribution >= 0.6 is 0 Å². The molecule has 0 aromatic heterocycles. The number of amides is 1. The van der Waals surface area contributed by atoms with Crippen LogP contribution in [-0.2, 0) is 24.1 Å². The van der Waals surface area contributed by atoms with E-state index in [0.29, 0.717) is 31.8 Å². The first-order chi connectivity index (χ1) is 18.6. The summed E-state index contributed by atoms with van der Waals surface area (Å²) in [5.74, 6) is -0.233. The van der Waals surface area contributed by atoms with E-state index in [1.807, 2.05) is 74.3 Å². The molecule has 0 saturated carbocycles. The molecule has 4 rings (SSSR count). The van der Waals surface area contributed by atoms with E-state index in [9.17, 15) is 23.1 Å². The van der Waals surface area contributed by atoms with Crippen LogP contribution in [0.4, 0.5) is 13.2 Å². The van der Waals surface area contributed by atoms with Crippen LogP contribution in [0, 0.1) is 5.92 Å². The predicted molar refractivity (Wildman–Crippen MR) is 145 cm³/mol. The Labute approximate surface area is 227 Å². The van der Waals surface area contributed by atoms with Gasteiger partial charge >= 0.3 is 6.18 Å². The summed E-state index contributed by atoms with van der Waals surface area (Å²) < 4.78 is 45.4. The van der Waals surface area contributed by atoms with Crippen molar-refractivity contribution in [3.8, 4) is 11.1 Å². The number of ether oxygens (including phenoxy) is 1. The Kier molecular flexibility index (Phi) is 9.10. The van der Waals surface area contributed by atoms with Crippen molar-refractivity contribution in [3.63, 3.8) is 0 Å². The monoisotopic (exact) mass is 540 g/mol. The van der Waals surface area contributed by atoms with Crippen LogP contribution in [0.15, 0.2) is 72.8 Å². The van der Waals surface area contributed by atoms with Crippen LogP contribution in [0.3, 0.4) is 0 Å². The number of alkyl halides is 3. The highest BCUT2D eigenvalue weighted by molar-refractivity contribution is 6.01. The fourth-order valence-electron chi connectivity index (χ4n) is 5.03. The highest BCUT2D eigenvalue weighted by Gasteiger charge is 2.31. The van der Waals surface area contributed by atoms with Gasteiger partial charge in [-0.15, -0.1) is 0 Å². The lowest BCUT2D eigenvalue weighted by molar-refractivity contribution is -0.137. The number of aliphatic hydroxyl groups excluding tert-OH is 1. The summed E-state index contributed by atoms with van der Waals surface area (Å²) >= 11 is 0. The van der Waals surface area contributed by atoms with Crippen LogP contribution in [0.2, 0.25) is 0 Å². The molecular weight excluding hydrogens is 505 g/mol. The largest absolute Gasteiger partial charge is 0.416 e. The van der Waals surface area contributed by atoms with E-state index in [-0.39, 0.29) is 24.5 Å². The molecule has 8 heteroatoms. The highest BCUT2D eigenvalue weighted by atomic mass is 19.4. The van der Waals surface area contributed by atoms with Gasteiger partial charge in [-0.05, 0) is 54.4 Å². The average Bonchev–Trinajstić information content (AvgIpc) is 2.94. The van der Waals surface area contributed by atoms with E-state index in [2.05, 4.69) is 0 Å². The summed E-state index contributed by atoms with van der Waals surface area (Å²) in [6.45, 7) is 5.36. The van der Waals surface area contributed by atoms with Crippen molar-refractivity contribution in [2.24, 2.45) is 5.92 Å². The first kappa shape index (κ1) is 28.8. The van der Waals surface area contributed by atoms with Gasteiger partial charge in [-0.3, -0.25) is 9.69 Å². The second-order valence-corrected chi connectivity index (χ2v) is 10.4. The zero-order valence-electron chi connectivity index (χ0n) is 22.5. The van der Waals surface area contributed by atoms with Crippen molar-refractivity contribution in [1.29, 1.82) is 0 Å². The normalized spacial score (nSPS) is 19.3. The summed E-state index contributed by atoms with van der Waals surface area (Å²) in [6.07, 6.45) is -4.65. The number of rotatable bonds is 6. The minimum atomic E-state index is -4.37. The van der Waals surface area contributed by atoms with Crippen LogP contribution < -0.4 is 0 Å². The molecule has 3 atom stereocenters. The first-order valence-corrected chi connectivity index (χ1v) is 13.1. The summed E-state index contributed by atoms with van der Waals surface area (Å²) in [5, 5.41) is 9.98. The number of hydrogen-bond acceptors (Lipinski definition) is 4. The Balaban J connectivity index is 1.62. The van der Waals surface area contributed by atoms with E-state index in [1.165, 1.54) is 12.1 Å². The van der Waals surface area contributed by atoms with Crippen molar-refractivity contribution < 1.29 is 27.8 Å². The molecule has 0 fully saturated rings.